The second-order valence-electron chi connectivity index (χ2n) is 7.06. The van der Waals surface area contributed by atoms with Crippen LogP contribution < -0.4 is 0 Å². The minimum atomic E-state index is 0. The maximum atomic E-state index is 9.31. The Kier molecular flexibility index (Phi) is 9.04. The van der Waals surface area contributed by atoms with Crippen molar-refractivity contribution in [2.45, 2.75) is 0 Å². The number of nitrogens with zero attached hydrogens (tertiary/aromatic N) is 3. The van der Waals surface area contributed by atoms with Gasteiger partial charge < -0.3 is 15.3 Å². The second-order valence-corrected chi connectivity index (χ2v) is 7.06. The fourth-order valence-corrected chi connectivity index (χ4v) is 3.26. The van der Waals surface area contributed by atoms with Crippen LogP contribution in [-0.2, 0) is 0 Å². The quantitative estimate of drug-likeness (QED) is 0.206. The van der Waals surface area contributed by atoms with Gasteiger partial charge in [-0.1, -0.05) is 54.6 Å². The van der Waals surface area contributed by atoms with Crippen molar-refractivity contribution in [3.05, 3.63) is 110 Å². The van der Waals surface area contributed by atoms with Gasteiger partial charge in [-0.3, -0.25) is 15.0 Å². The number of phenols is 3. The van der Waals surface area contributed by atoms with E-state index in [2.05, 4.69) is 15.0 Å². The number of aromatic hydroxyl groups is 3. The molecular weight excluding hydrogens is 572 g/mol. The number of fused-ring (bicyclic) bond motifs is 3. The summed E-state index contributed by atoms with van der Waals surface area (Å²) < 4.78 is 0. The molecule has 0 atom stereocenters. The predicted molar refractivity (Wildman–Crippen MR) is 130 cm³/mol. The Morgan fingerprint density at radius 2 is 0.647 bits per heavy atom. The van der Waals surface area contributed by atoms with E-state index >= 15 is 0 Å². The number of hydrogen-bond acceptors (Lipinski definition) is 6. The summed E-state index contributed by atoms with van der Waals surface area (Å²) in [5, 5.41) is 30.8. The van der Waals surface area contributed by atoms with Crippen LogP contribution in [-0.4, -0.2) is 30.3 Å². The maximum absolute atomic E-state index is 9.31. The van der Waals surface area contributed by atoms with Crippen molar-refractivity contribution < 1.29 is 55.3 Å². The van der Waals surface area contributed by atoms with Gasteiger partial charge in [-0.15, -0.1) is 0 Å². The normalized spacial score (nSPS) is 9.88. The topological polar surface area (TPSA) is 99.4 Å². The molecule has 6 rings (SSSR count). The van der Waals surface area contributed by atoms with E-state index in [0.29, 0.717) is 16.6 Å². The zero-order valence-corrected chi connectivity index (χ0v) is 20.2. The van der Waals surface area contributed by atoms with Crippen LogP contribution in [0.25, 0.3) is 32.7 Å². The molecule has 0 fully saturated rings. The average molecular weight is 593 g/mol. The molecule has 7 heteroatoms. The summed E-state index contributed by atoms with van der Waals surface area (Å²) in [7, 11) is 0. The van der Waals surface area contributed by atoms with E-state index in [0.717, 1.165) is 16.2 Å². The summed E-state index contributed by atoms with van der Waals surface area (Å²) >= 11 is 0. The molecule has 6 aromatic rings. The molecule has 3 aromatic carbocycles. The predicted octanol–water partition coefficient (Wildman–Crippen LogP) is 5.82. The molecule has 0 saturated heterocycles. The molecular formula is C27H21GdN3O3. The SMILES string of the molecule is Oc1cccc2cccnc12.Oc1cccc2cccnc12.Oc1cccc2cccnc12.[Gd]. The molecule has 0 amide bonds. The van der Waals surface area contributed by atoms with Crippen LogP contribution in [0, 0.1) is 39.9 Å². The number of hydrogen-bond donors (Lipinski definition) is 3. The Balaban J connectivity index is 0.000000141. The molecule has 0 spiro atoms. The van der Waals surface area contributed by atoms with Gasteiger partial charge in [-0.25, -0.2) is 0 Å². The third-order valence-electron chi connectivity index (χ3n) is 4.83. The van der Waals surface area contributed by atoms with E-state index in [4.69, 9.17) is 0 Å². The maximum Gasteiger partial charge on any atom is 0.141 e. The Hall–Kier alpha value is -3.39. The summed E-state index contributed by atoms with van der Waals surface area (Å²) in [6.07, 6.45) is 5.01. The number of aromatic nitrogens is 3. The van der Waals surface area contributed by atoms with Gasteiger partial charge in [0.1, 0.15) is 33.8 Å². The van der Waals surface area contributed by atoms with E-state index in [9.17, 15) is 15.3 Å². The first-order valence-corrected chi connectivity index (χ1v) is 10.2. The molecule has 170 valence electrons. The monoisotopic (exact) mass is 593 g/mol. The van der Waals surface area contributed by atoms with Crippen LogP contribution in [0.2, 0.25) is 0 Å². The zero-order valence-electron chi connectivity index (χ0n) is 17.9. The van der Waals surface area contributed by atoms with Gasteiger partial charge in [0.2, 0.25) is 0 Å². The second kappa shape index (κ2) is 12.2. The molecule has 0 aliphatic carbocycles. The number of phenolic OH excluding ortho intramolecular Hbond substituents is 3. The van der Waals surface area contributed by atoms with E-state index in [1.165, 1.54) is 0 Å². The molecule has 0 unspecified atom stereocenters. The Labute approximate surface area is 228 Å². The molecule has 0 bridgehead atoms. The van der Waals surface area contributed by atoms with Gasteiger partial charge in [0.25, 0.3) is 0 Å². The van der Waals surface area contributed by atoms with Gasteiger partial charge in [-0.05, 0) is 36.4 Å². The number of rotatable bonds is 0. The molecule has 0 aliphatic heterocycles. The molecule has 3 N–H and O–H groups in total. The Morgan fingerprint density at radius 1 is 0.382 bits per heavy atom. The van der Waals surface area contributed by atoms with Crippen molar-refractivity contribution in [3.8, 4) is 17.2 Å². The van der Waals surface area contributed by atoms with Gasteiger partial charge in [0.05, 0.1) is 0 Å². The van der Waals surface area contributed by atoms with Crippen molar-refractivity contribution in [1.82, 2.24) is 15.0 Å². The van der Waals surface area contributed by atoms with Crippen LogP contribution in [0.4, 0.5) is 0 Å². The third-order valence-corrected chi connectivity index (χ3v) is 4.83. The van der Waals surface area contributed by atoms with Crippen LogP contribution in [0.15, 0.2) is 110 Å². The fraction of sp³-hybridized carbons (Fsp3) is 0. The molecule has 0 saturated carbocycles. The third kappa shape index (κ3) is 6.14. The summed E-state index contributed by atoms with van der Waals surface area (Å²) in [6, 6.07) is 27.4. The van der Waals surface area contributed by atoms with Crippen LogP contribution in [0.5, 0.6) is 17.2 Å². The Morgan fingerprint density at radius 3 is 0.912 bits per heavy atom. The summed E-state index contributed by atoms with van der Waals surface area (Å²) in [4.78, 5) is 12.1. The molecule has 0 aliphatic rings. The van der Waals surface area contributed by atoms with Crippen LogP contribution in [0.1, 0.15) is 0 Å². The minimum Gasteiger partial charge on any atom is -0.506 e. The number of para-hydroxylation sites is 3. The average Bonchev–Trinajstić information content (AvgIpc) is 2.86. The standard InChI is InChI=1S/3C9H7NO.Gd/c3*11-8-5-1-3-7-4-2-6-10-9(7)8;/h3*1-6,11H;. The summed E-state index contributed by atoms with van der Waals surface area (Å²) in [5.74, 6) is 0.717. The van der Waals surface area contributed by atoms with E-state index < -0.39 is 0 Å². The first-order valence-electron chi connectivity index (χ1n) is 10.2. The smallest absolute Gasteiger partial charge is 0.141 e. The van der Waals surface area contributed by atoms with Crippen molar-refractivity contribution >= 4 is 32.7 Å². The number of pyridine rings is 3. The fourth-order valence-electron chi connectivity index (χ4n) is 3.26. The summed E-state index contributed by atoms with van der Waals surface area (Å²) in [5.41, 5.74) is 1.99. The Bertz CT molecular complexity index is 1330. The molecule has 0 radical (unpaired) electrons. The largest absolute Gasteiger partial charge is 0.506 e. The van der Waals surface area contributed by atoms with Crippen molar-refractivity contribution in [2.24, 2.45) is 0 Å². The van der Waals surface area contributed by atoms with Crippen molar-refractivity contribution in [2.75, 3.05) is 0 Å². The zero-order chi connectivity index (χ0) is 23.0. The van der Waals surface area contributed by atoms with Crippen molar-refractivity contribution in [1.29, 1.82) is 0 Å². The van der Waals surface area contributed by atoms with Gasteiger partial charge in [0.15, 0.2) is 0 Å². The number of benzene rings is 3. The summed E-state index contributed by atoms with van der Waals surface area (Å²) in [6.45, 7) is 0. The van der Waals surface area contributed by atoms with Gasteiger partial charge >= 0.3 is 0 Å². The first-order chi connectivity index (χ1) is 16.1. The van der Waals surface area contributed by atoms with E-state index in [1.54, 1.807) is 55.0 Å². The van der Waals surface area contributed by atoms with Gasteiger partial charge in [0, 0.05) is 74.7 Å². The molecule has 6 nitrogen and oxygen atoms in total. The minimum absolute atomic E-state index is 0. The van der Waals surface area contributed by atoms with E-state index in [1.807, 2.05) is 54.6 Å². The molecule has 3 heterocycles. The molecule has 34 heavy (non-hydrogen) atoms. The van der Waals surface area contributed by atoms with E-state index in [-0.39, 0.29) is 57.2 Å². The first kappa shape index (κ1) is 25.2. The van der Waals surface area contributed by atoms with Crippen LogP contribution in [0.3, 0.4) is 0 Å². The van der Waals surface area contributed by atoms with Crippen LogP contribution >= 0.6 is 0 Å². The van der Waals surface area contributed by atoms with Crippen molar-refractivity contribution in [3.63, 3.8) is 0 Å². The van der Waals surface area contributed by atoms with Gasteiger partial charge in [-0.2, -0.15) is 0 Å². The molecule has 3 aromatic heterocycles.